The third kappa shape index (κ3) is 5.64. The summed E-state index contributed by atoms with van der Waals surface area (Å²) in [5.41, 5.74) is 1.76. The van der Waals surface area contributed by atoms with E-state index in [1.165, 1.54) is 25.3 Å². The Balaban J connectivity index is 1.47. The van der Waals surface area contributed by atoms with Crippen molar-refractivity contribution in [3.63, 3.8) is 0 Å². The first-order chi connectivity index (χ1) is 16.2. The summed E-state index contributed by atoms with van der Waals surface area (Å²) in [5, 5.41) is 3.03. The molecule has 2 N–H and O–H groups in total. The maximum absolute atomic E-state index is 12.8. The number of hydrogen-bond donors (Lipinski definition) is 2. The number of benzene rings is 3. The number of amides is 1. The molecule has 0 saturated heterocycles. The van der Waals surface area contributed by atoms with Gasteiger partial charge in [0.2, 0.25) is 5.91 Å². The van der Waals surface area contributed by atoms with Gasteiger partial charge >= 0.3 is 0 Å². The van der Waals surface area contributed by atoms with Gasteiger partial charge < -0.3 is 14.5 Å². The standard InChI is InChI=1S/C23H20ClN3O5S2/c1-14(22(28)25-17-5-3-4-15(24)12-17)33-23-26-20-13-19(10-11-21(20)32-23)34(29,30)27-16-6-8-18(31-2)9-7-16/h3-14,27H,1-2H3,(H,25,28). The molecule has 8 nitrogen and oxygen atoms in total. The summed E-state index contributed by atoms with van der Waals surface area (Å²) < 4.78 is 38.9. The minimum atomic E-state index is -3.84. The Morgan fingerprint density at radius 2 is 1.85 bits per heavy atom. The molecule has 1 aromatic heterocycles. The van der Waals surface area contributed by atoms with Crippen LogP contribution in [-0.2, 0) is 14.8 Å². The van der Waals surface area contributed by atoms with Crippen molar-refractivity contribution in [3.8, 4) is 5.75 Å². The SMILES string of the molecule is COc1ccc(NS(=O)(=O)c2ccc3oc(SC(C)C(=O)Nc4cccc(Cl)c4)nc3c2)cc1. The number of methoxy groups -OCH3 is 1. The summed E-state index contributed by atoms with van der Waals surface area (Å²) in [4.78, 5) is 16.9. The van der Waals surface area contributed by atoms with E-state index in [0.29, 0.717) is 33.2 Å². The van der Waals surface area contributed by atoms with E-state index in [1.807, 2.05) is 0 Å². The second-order valence-corrected chi connectivity index (χ2v) is 10.6. The number of thioether (sulfide) groups is 1. The molecule has 0 saturated carbocycles. The molecule has 4 aromatic rings. The van der Waals surface area contributed by atoms with E-state index < -0.39 is 15.3 Å². The zero-order chi connectivity index (χ0) is 24.3. The molecule has 0 spiro atoms. The number of halogens is 1. The van der Waals surface area contributed by atoms with Crippen molar-refractivity contribution in [2.45, 2.75) is 22.3 Å². The van der Waals surface area contributed by atoms with Gasteiger partial charge in [0, 0.05) is 16.4 Å². The molecule has 11 heteroatoms. The van der Waals surface area contributed by atoms with Crippen LogP contribution in [0.25, 0.3) is 11.1 Å². The van der Waals surface area contributed by atoms with Crippen molar-refractivity contribution < 1.29 is 22.4 Å². The lowest BCUT2D eigenvalue weighted by atomic mass is 10.3. The maximum atomic E-state index is 12.8. The average molecular weight is 518 g/mol. The van der Waals surface area contributed by atoms with Crippen LogP contribution in [0.4, 0.5) is 11.4 Å². The Morgan fingerprint density at radius 1 is 1.09 bits per heavy atom. The van der Waals surface area contributed by atoms with E-state index in [4.69, 9.17) is 20.8 Å². The van der Waals surface area contributed by atoms with Crippen molar-refractivity contribution in [2.75, 3.05) is 17.1 Å². The molecule has 1 amide bonds. The Labute approximate surface area is 205 Å². The highest BCUT2D eigenvalue weighted by molar-refractivity contribution is 8.00. The summed E-state index contributed by atoms with van der Waals surface area (Å²) in [7, 11) is -2.31. The number of hydrogen-bond acceptors (Lipinski definition) is 7. The minimum Gasteiger partial charge on any atom is -0.497 e. The smallest absolute Gasteiger partial charge is 0.261 e. The van der Waals surface area contributed by atoms with Crippen LogP contribution in [0.5, 0.6) is 5.75 Å². The number of oxazole rings is 1. The summed E-state index contributed by atoms with van der Waals surface area (Å²) in [5.74, 6) is 0.369. The van der Waals surface area contributed by atoms with Crippen LogP contribution < -0.4 is 14.8 Å². The van der Waals surface area contributed by atoms with Crippen molar-refractivity contribution in [3.05, 3.63) is 71.8 Å². The van der Waals surface area contributed by atoms with Gasteiger partial charge in [0.1, 0.15) is 11.3 Å². The fraction of sp³-hybridized carbons (Fsp3) is 0.130. The lowest BCUT2D eigenvalue weighted by molar-refractivity contribution is -0.115. The van der Waals surface area contributed by atoms with Gasteiger partial charge in [-0.15, -0.1) is 0 Å². The first-order valence-corrected chi connectivity index (χ1v) is 12.8. The quantitative estimate of drug-likeness (QED) is 0.300. The largest absolute Gasteiger partial charge is 0.497 e. The summed E-state index contributed by atoms with van der Waals surface area (Å²) >= 11 is 7.07. The first-order valence-electron chi connectivity index (χ1n) is 10.0. The van der Waals surface area contributed by atoms with Crippen LogP contribution in [-0.4, -0.2) is 31.7 Å². The van der Waals surface area contributed by atoms with Gasteiger partial charge in [-0.2, -0.15) is 0 Å². The molecule has 1 atom stereocenters. The Morgan fingerprint density at radius 3 is 2.56 bits per heavy atom. The average Bonchev–Trinajstić information content (AvgIpc) is 3.21. The number of fused-ring (bicyclic) bond motifs is 1. The van der Waals surface area contributed by atoms with Crippen LogP contribution in [0.3, 0.4) is 0 Å². The second-order valence-electron chi connectivity index (χ2n) is 7.20. The number of anilines is 2. The Hall–Kier alpha value is -3.21. The molecule has 0 aliphatic rings. The monoisotopic (exact) mass is 517 g/mol. The molecule has 176 valence electrons. The number of sulfonamides is 1. The number of aromatic nitrogens is 1. The minimum absolute atomic E-state index is 0.0346. The molecule has 1 heterocycles. The van der Waals surface area contributed by atoms with E-state index in [-0.39, 0.29) is 16.0 Å². The maximum Gasteiger partial charge on any atom is 0.261 e. The summed E-state index contributed by atoms with van der Waals surface area (Å²) in [6.45, 7) is 1.72. The van der Waals surface area contributed by atoms with Gasteiger partial charge in [-0.1, -0.05) is 29.4 Å². The van der Waals surface area contributed by atoms with Gasteiger partial charge in [0.05, 0.1) is 17.3 Å². The third-order valence-corrected chi connectivity index (χ3v) is 7.29. The van der Waals surface area contributed by atoms with Gasteiger partial charge in [-0.05, 0) is 67.6 Å². The van der Waals surface area contributed by atoms with Crippen LogP contribution in [0, 0.1) is 0 Å². The highest BCUT2D eigenvalue weighted by Gasteiger charge is 2.20. The van der Waals surface area contributed by atoms with E-state index in [2.05, 4.69) is 15.0 Å². The molecule has 0 radical (unpaired) electrons. The molecular formula is C23H20ClN3O5S2. The zero-order valence-corrected chi connectivity index (χ0v) is 20.5. The molecule has 4 rings (SSSR count). The van der Waals surface area contributed by atoms with Gasteiger partial charge in [0.15, 0.2) is 5.58 Å². The van der Waals surface area contributed by atoms with E-state index >= 15 is 0 Å². The summed E-state index contributed by atoms with van der Waals surface area (Å²) in [6, 6.07) is 17.8. The van der Waals surface area contributed by atoms with Crippen molar-refractivity contribution >= 4 is 61.8 Å². The number of nitrogens with one attached hydrogen (secondary N) is 2. The van der Waals surface area contributed by atoms with Crippen molar-refractivity contribution in [1.29, 1.82) is 0 Å². The van der Waals surface area contributed by atoms with Crippen LogP contribution >= 0.6 is 23.4 Å². The lowest BCUT2D eigenvalue weighted by Crippen LogP contribution is -2.22. The topological polar surface area (TPSA) is 111 Å². The van der Waals surface area contributed by atoms with Crippen molar-refractivity contribution in [2.24, 2.45) is 0 Å². The van der Waals surface area contributed by atoms with Crippen molar-refractivity contribution in [1.82, 2.24) is 4.98 Å². The number of nitrogens with zero attached hydrogens (tertiary/aromatic N) is 1. The van der Waals surface area contributed by atoms with Crippen LogP contribution in [0.1, 0.15) is 6.92 Å². The fourth-order valence-corrected chi connectivity index (χ4v) is 5.02. The predicted octanol–water partition coefficient (Wildman–Crippen LogP) is 5.41. The molecule has 0 aliphatic heterocycles. The highest BCUT2D eigenvalue weighted by Crippen LogP contribution is 2.29. The zero-order valence-electron chi connectivity index (χ0n) is 18.1. The third-order valence-electron chi connectivity index (χ3n) is 4.73. The highest BCUT2D eigenvalue weighted by atomic mass is 35.5. The molecule has 3 aromatic carbocycles. The molecule has 0 fully saturated rings. The fourth-order valence-electron chi connectivity index (χ4n) is 2.99. The molecular weight excluding hydrogens is 498 g/mol. The van der Waals surface area contributed by atoms with E-state index in [1.54, 1.807) is 55.5 Å². The second kappa shape index (κ2) is 9.96. The number of rotatable bonds is 8. The Kier molecular flexibility index (Phi) is 7.01. The lowest BCUT2D eigenvalue weighted by Gasteiger charge is -2.10. The molecule has 34 heavy (non-hydrogen) atoms. The first kappa shape index (κ1) is 23.9. The predicted molar refractivity (Wildman–Crippen MR) is 133 cm³/mol. The van der Waals surface area contributed by atoms with Gasteiger partial charge in [0.25, 0.3) is 15.2 Å². The molecule has 0 aliphatic carbocycles. The molecule has 1 unspecified atom stereocenters. The van der Waals surface area contributed by atoms with Gasteiger partial charge in [-0.3, -0.25) is 9.52 Å². The van der Waals surface area contributed by atoms with Crippen LogP contribution in [0.2, 0.25) is 5.02 Å². The van der Waals surface area contributed by atoms with Gasteiger partial charge in [-0.25, -0.2) is 13.4 Å². The van der Waals surface area contributed by atoms with Crippen LogP contribution in [0.15, 0.2) is 81.3 Å². The number of carbonyl (C=O) groups excluding carboxylic acids is 1. The number of ether oxygens (including phenoxy) is 1. The normalized spacial score (nSPS) is 12.3. The summed E-state index contributed by atoms with van der Waals surface area (Å²) in [6.07, 6.45) is 0. The Bertz CT molecular complexity index is 1440. The van der Waals surface area contributed by atoms with E-state index in [0.717, 1.165) is 11.8 Å². The van der Waals surface area contributed by atoms with E-state index in [9.17, 15) is 13.2 Å². The number of carbonyl (C=O) groups is 1. The molecule has 0 bridgehead atoms.